The minimum absolute atomic E-state index is 0.149. The number of carbonyl (C=O) groups excluding carboxylic acids is 1. The first kappa shape index (κ1) is 26.0. The fraction of sp³-hybridized carbons (Fsp3) is 0.212. The highest BCUT2D eigenvalue weighted by Crippen LogP contribution is 2.30. The average molecular weight is 517 g/mol. The minimum atomic E-state index is -0.540. The molecule has 0 bridgehead atoms. The van der Waals surface area contributed by atoms with Gasteiger partial charge in [-0.05, 0) is 63.5 Å². The van der Waals surface area contributed by atoms with Gasteiger partial charge in [0.1, 0.15) is 11.9 Å². The van der Waals surface area contributed by atoms with Gasteiger partial charge in [-0.3, -0.25) is 0 Å². The molecule has 1 unspecified atom stereocenters. The molecule has 0 spiro atoms. The van der Waals surface area contributed by atoms with Crippen LogP contribution in [0.5, 0.6) is 0 Å². The first-order chi connectivity index (χ1) is 19.0. The fourth-order valence-electron chi connectivity index (χ4n) is 4.47. The van der Waals surface area contributed by atoms with Gasteiger partial charge in [0.15, 0.2) is 5.82 Å². The van der Waals surface area contributed by atoms with E-state index in [-0.39, 0.29) is 12.0 Å². The van der Waals surface area contributed by atoms with E-state index in [1.165, 1.54) is 0 Å². The summed E-state index contributed by atoms with van der Waals surface area (Å²) in [6, 6.07) is 23.2. The normalized spacial score (nSPS) is 14.3. The van der Waals surface area contributed by atoms with Crippen LogP contribution in [0.4, 0.5) is 11.6 Å². The number of carbonyl (C=O) groups is 1. The van der Waals surface area contributed by atoms with Crippen molar-refractivity contribution in [2.75, 3.05) is 5.32 Å². The predicted molar refractivity (Wildman–Crippen MR) is 158 cm³/mol. The lowest BCUT2D eigenvalue weighted by Gasteiger charge is -2.18. The maximum Gasteiger partial charge on any atom is 0.338 e. The number of nitrogens with zero attached hydrogens (tertiary/aromatic N) is 3. The third kappa shape index (κ3) is 6.29. The Bertz CT molecular complexity index is 1560. The Labute approximate surface area is 229 Å². The molecule has 4 aromatic rings. The Hall–Kier alpha value is -4.58. The number of nitrogens with one attached hydrogen (secondary N) is 1. The Morgan fingerprint density at radius 3 is 2.33 bits per heavy atom. The van der Waals surface area contributed by atoms with Gasteiger partial charge in [-0.25, -0.2) is 19.8 Å². The van der Waals surface area contributed by atoms with Crippen LogP contribution in [0.15, 0.2) is 108 Å². The third-order valence-electron chi connectivity index (χ3n) is 6.40. The molecule has 5 rings (SSSR count). The number of esters is 1. The molecule has 0 aliphatic heterocycles. The number of fused-ring (bicyclic) bond motifs is 1. The number of ether oxygens (including phenoxy) is 1. The average Bonchev–Trinajstić information content (AvgIpc) is 2.97. The van der Waals surface area contributed by atoms with E-state index in [1.54, 1.807) is 12.1 Å². The number of rotatable bonds is 8. The van der Waals surface area contributed by atoms with Gasteiger partial charge >= 0.3 is 5.97 Å². The summed E-state index contributed by atoms with van der Waals surface area (Å²) < 4.78 is 5.74. The number of hydrogen-bond acceptors (Lipinski definition) is 6. The van der Waals surface area contributed by atoms with E-state index < -0.39 is 6.10 Å². The number of anilines is 1. The molecule has 0 radical (unpaired) electrons. The Balaban J connectivity index is 1.53. The molecule has 0 saturated heterocycles. The minimum Gasteiger partial charge on any atom is -0.453 e. The summed E-state index contributed by atoms with van der Waals surface area (Å²) in [6.45, 7) is 5.96. The molecular weight excluding hydrogens is 484 g/mol. The number of allylic oxidation sites excluding steroid dienone is 4. The van der Waals surface area contributed by atoms with Crippen LogP contribution in [0.1, 0.15) is 61.3 Å². The molecule has 1 aliphatic rings. The molecule has 39 heavy (non-hydrogen) atoms. The van der Waals surface area contributed by atoms with Crippen molar-refractivity contribution in [3.63, 3.8) is 0 Å². The van der Waals surface area contributed by atoms with Gasteiger partial charge in [-0.2, -0.15) is 0 Å². The van der Waals surface area contributed by atoms with Crippen molar-refractivity contribution in [2.45, 2.75) is 45.8 Å². The van der Waals surface area contributed by atoms with E-state index in [2.05, 4.69) is 49.5 Å². The lowest BCUT2D eigenvalue weighted by molar-refractivity contribution is 0.0330. The summed E-state index contributed by atoms with van der Waals surface area (Å²) in [5.41, 5.74) is 4.18. The molecule has 0 amide bonds. The molecule has 6 nitrogen and oxygen atoms in total. The van der Waals surface area contributed by atoms with Crippen molar-refractivity contribution in [1.29, 1.82) is 0 Å². The molecule has 2 aromatic carbocycles. The van der Waals surface area contributed by atoms with Crippen molar-refractivity contribution >= 4 is 34.1 Å². The Kier molecular flexibility index (Phi) is 7.92. The predicted octanol–water partition coefficient (Wildman–Crippen LogP) is 7.77. The van der Waals surface area contributed by atoms with Crippen LogP contribution < -0.4 is 5.32 Å². The SMILES string of the molecule is CC(C)Nc1nc(C(C)OC(=O)c2ccccc2)cc2cnc(N=C(C3=CCCC=C3)c3ccccc3)cc12. The number of benzene rings is 2. The molecular formula is C33H32N4O2. The van der Waals surface area contributed by atoms with Crippen LogP contribution in [0.3, 0.4) is 0 Å². The second-order valence-electron chi connectivity index (χ2n) is 9.84. The van der Waals surface area contributed by atoms with Gasteiger partial charge in [0.25, 0.3) is 0 Å². The van der Waals surface area contributed by atoms with Gasteiger partial charge in [0.2, 0.25) is 0 Å². The molecule has 6 heteroatoms. The van der Waals surface area contributed by atoms with Crippen LogP contribution in [-0.2, 0) is 4.74 Å². The van der Waals surface area contributed by atoms with Crippen molar-refractivity contribution in [3.05, 3.63) is 120 Å². The van der Waals surface area contributed by atoms with E-state index >= 15 is 0 Å². The van der Waals surface area contributed by atoms with Crippen LogP contribution in [-0.4, -0.2) is 27.7 Å². The quantitative estimate of drug-likeness (QED) is 0.191. The summed E-state index contributed by atoms with van der Waals surface area (Å²) >= 11 is 0. The summed E-state index contributed by atoms with van der Waals surface area (Å²) in [5.74, 6) is 0.925. The number of aromatic nitrogens is 2. The maximum absolute atomic E-state index is 12.6. The summed E-state index contributed by atoms with van der Waals surface area (Å²) in [4.78, 5) is 27.2. The van der Waals surface area contributed by atoms with E-state index in [0.29, 0.717) is 22.9 Å². The van der Waals surface area contributed by atoms with E-state index in [9.17, 15) is 4.79 Å². The highest BCUT2D eigenvalue weighted by molar-refractivity contribution is 6.15. The third-order valence-corrected chi connectivity index (χ3v) is 6.40. The second kappa shape index (κ2) is 11.9. The summed E-state index contributed by atoms with van der Waals surface area (Å²) in [5, 5.41) is 5.25. The molecule has 1 N–H and O–H groups in total. The highest BCUT2D eigenvalue weighted by Gasteiger charge is 2.18. The van der Waals surface area contributed by atoms with Crippen LogP contribution in [0, 0.1) is 0 Å². The molecule has 0 fully saturated rings. The van der Waals surface area contributed by atoms with Gasteiger partial charge in [-0.15, -0.1) is 0 Å². The second-order valence-corrected chi connectivity index (χ2v) is 9.84. The van der Waals surface area contributed by atoms with Gasteiger partial charge in [0.05, 0.1) is 17.0 Å². The number of pyridine rings is 2. The zero-order chi connectivity index (χ0) is 27.2. The molecule has 1 aliphatic carbocycles. The van der Waals surface area contributed by atoms with Crippen LogP contribution >= 0.6 is 0 Å². The molecule has 1 atom stereocenters. The summed E-state index contributed by atoms with van der Waals surface area (Å²) in [7, 11) is 0. The monoisotopic (exact) mass is 516 g/mol. The van der Waals surface area contributed by atoms with Crippen molar-refractivity contribution in [3.8, 4) is 0 Å². The Morgan fingerprint density at radius 1 is 0.949 bits per heavy atom. The van der Waals surface area contributed by atoms with Crippen molar-refractivity contribution < 1.29 is 9.53 Å². The fourth-order valence-corrected chi connectivity index (χ4v) is 4.47. The van der Waals surface area contributed by atoms with Gasteiger partial charge in [0, 0.05) is 28.6 Å². The molecule has 0 saturated carbocycles. The Morgan fingerprint density at radius 2 is 1.67 bits per heavy atom. The lowest BCUT2D eigenvalue weighted by atomic mass is 9.97. The standard InChI is InChI=1S/C33H32N4O2/c1-22(2)35-32-28-20-30(37-31(24-13-7-4-8-14-24)25-15-9-5-10-16-25)34-21-27(28)19-29(36-32)23(3)39-33(38)26-17-11-6-12-18-26/h4,6-9,11-23H,5,10H2,1-3H3,(H,35,36). The number of aliphatic imine (C=N–C) groups is 1. The first-order valence-corrected chi connectivity index (χ1v) is 13.3. The summed E-state index contributed by atoms with van der Waals surface area (Å²) in [6.07, 6.45) is 9.84. The van der Waals surface area contributed by atoms with Crippen LogP contribution in [0.25, 0.3) is 10.8 Å². The lowest BCUT2D eigenvalue weighted by Crippen LogP contribution is -2.14. The maximum atomic E-state index is 12.6. The first-order valence-electron chi connectivity index (χ1n) is 13.3. The largest absolute Gasteiger partial charge is 0.453 e. The molecule has 196 valence electrons. The zero-order valence-corrected chi connectivity index (χ0v) is 22.5. The van der Waals surface area contributed by atoms with Gasteiger partial charge < -0.3 is 10.1 Å². The smallest absolute Gasteiger partial charge is 0.338 e. The van der Waals surface area contributed by atoms with E-state index in [0.717, 1.165) is 40.5 Å². The van der Waals surface area contributed by atoms with Crippen LogP contribution in [0.2, 0.25) is 0 Å². The zero-order valence-electron chi connectivity index (χ0n) is 22.5. The number of hydrogen-bond donors (Lipinski definition) is 1. The van der Waals surface area contributed by atoms with Gasteiger partial charge in [-0.1, -0.05) is 66.8 Å². The topological polar surface area (TPSA) is 76.5 Å². The highest BCUT2D eigenvalue weighted by atomic mass is 16.5. The molecule has 2 heterocycles. The van der Waals surface area contributed by atoms with Crippen molar-refractivity contribution in [2.24, 2.45) is 4.99 Å². The van der Waals surface area contributed by atoms with E-state index in [4.69, 9.17) is 19.7 Å². The molecule has 2 aromatic heterocycles. The van der Waals surface area contributed by atoms with E-state index in [1.807, 2.05) is 61.7 Å². The van der Waals surface area contributed by atoms with Crippen molar-refractivity contribution in [1.82, 2.24) is 9.97 Å².